The molecule has 0 atom stereocenters. The predicted octanol–water partition coefficient (Wildman–Crippen LogP) is 2.91. The number of piperidine rings is 1. The number of likely N-dealkylation sites (tertiary alicyclic amines) is 1. The lowest BCUT2D eigenvalue weighted by molar-refractivity contribution is -0.122. The summed E-state index contributed by atoms with van der Waals surface area (Å²) >= 11 is 5.32. The predicted molar refractivity (Wildman–Crippen MR) is 105 cm³/mol. The van der Waals surface area contributed by atoms with Gasteiger partial charge >= 0.3 is 0 Å². The van der Waals surface area contributed by atoms with Crippen LogP contribution in [-0.4, -0.2) is 51.2 Å². The first-order chi connectivity index (χ1) is 12.6. The van der Waals surface area contributed by atoms with Crippen molar-refractivity contribution in [3.05, 3.63) is 34.6 Å². The fourth-order valence-corrected chi connectivity index (χ4v) is 3.62. The molecule has 0 aliphatic carbocycles. The number of aromatic amines is 1. The van der Waals surface area contributed by atoms with Crippen LogP contribution in [0, 0.1) is 11.7 Å². The van der Waals surface area contributed by atoms with Gasteiger partial charge in [0, 0.05) is 24.7 Å². The fourth-order valence-electron chi connectivity index (χ4n) is 3.42. The second-order valence-electron chi connectivity index (χ2n) is 6.99. The Hall–Kier alpha value is -1.99. The Morgan fingerprint density at radius 1 is 1.31 bits per heavy atom. The zero-order valence-corrected chi connectivity index (χ0v) is 16.3. The number of aryl methyl sites for hydroxylation is 1. The Morgan fingerprint density at radius 2 is 2.00 bits per heavy atom. The molecular weight excluding hydrogens is 346 g/mol. The van der Waals surface area contributed by atoms with Crippen LogP contribution in [0.4, 0.5) is 0 Å². The minimum absolute atomic E-state index is 0.00944. The molecule has 0 spiro atoms. The van der Waals surface area contributed by atoms with E-state index in [0.717, 1.165) is 38.0 Å². The fraction of sp³-hybridized carbons (Fsp3) is 0.526. The summed E-state index contributed by atoms with van der Waals surface area (Å²) in [5, 5.41) is 10.3. The second kappa shape index (κ2) is 8.60. The molecule has 0 saturated carbocycles. The van der Waals surface area contributed by atoms with Gasteiger partial charge in [0.05, 0.1) is 0 Å². The molecule has 1 fully saturated rings. The number of benzene rings is 1. The van der Waals surface area contributed by atoms with Crippen LogP contribution in [0.25, 0.3) is 11.4 Å². The average molecular weight is 374 g/mol. The van der Waals surface area contributed by atoms with Crippen molar-refractivity contribution >= 4 is 18.1 Å². The van der Waals surface area contributed by atoms with Gasteiger partial charge in [-0.1, -0.05) is 36.8 Å². The van der Waals surface area contributed by atoms with Crippen molar-refractivity contribution in [1.82, 2.24) is 25.0 Å². The summed E-state index contributed by atoms with van der Waals surface area (Å²) in [5.41, 5.74) is 2.13. The molecule has 3 rings (SSSR count). The topological polar surface area (TPSA) is 66.0 Å². The molecule has 0 bridgehead atoms. The van der Waals surface area contributed by atoms with E-state index < -0.39 is 0 Å². The third kappa shape index (κ3) is 4.59. The maximum absolute atomic E-state index is 12.5. The third-order valence-electron chi connectivity index (χ3n) is 4.86. The number of hydrogen-bond acceptors (Lipinski definition) is 4. The van der Waals surface area contributed by atoms with Crippen LogP contribution in [-0.2, 0) is 11.3 Å². The summed E-state index contributed by atoms with van der Waals surface area (Å²) in [6.07, 6.45) is 3.19. The van der Waals surface area contributed by atoms with E-state index in [2.05, 4.69) is 27.3 Å². The highest BCUT2D eigenvalue weighted by Crippen LogP contribution is 2.18. The van der Waals surface area contributed by atoms with E-state index in [4.69, 9.17) is 12.2 Å². The van der Waals surface area contributed by atoms with Crippen molar-refractivity contribution in [2.45, 2.75) is 45.7 Å². The van der Waals surface area contributed by atoms with Gasteiger partial charge in [0.25, 0.3) is 0 Å². The molecule has 2 aromatic rings. The Kier molecular flexibility index (Phi) is 6.21. The molecule has 6 nitrogen and oxygen atoms in total. The smallest absolute Gasteiger partial charge is 0.240 e. The van der Waals surface area contributed by atoms with E-state index in [1.54, 1.807) is 4.57 Å². The molecule has 2 N–H and O–H groups in total. The molecule has 2 heterocycles. The molecule has 1 aliphatic rings. The summed E-state index contributed by atoms with van der Waals surface area (Å²) in [5.74, 6) is 0.688. The average Bonchev–Trinajstić information content (AvgIpc) is 2.98. The lowest BCUT2D eigenvalue weighted by Gasteiger charge is -2.32. The lowest BCUT2D eigenvalue weighted by atomic mass is 10.0. The molecule has 1 aliphatic heterocycles. The minimum atomic E-state index is -0.00944. The van der Waals surface area contributed by atoms with Gasteiger partial charge < -0.3 is 10.2 Å². The summed E-state index contributed by atoms with van der Waals surface area (Å²) < 4.78 is 2.23. The zero-order chi connectivity index (χ0) is 18.5. The van der Waals surface area contributed by atoms with Crippen LogP contribution in [0.15, 0.2) is 24.3 Å². The van der Waals surface area contributed by atoms with Gasteiger partial charge in [-0.25, -0.2) is 0 Å². The number of nitrogens with one attached hydrogen (secondary N) is 2. The molecule has 0 unspecified atom stereocenters. The highest BCUT2D eigenvalue weighted by Gasteiger charge is 2.21. The number of aromatic nitrogens is 3. The van der Waals surface area contributed by atoms with Crippen LogP contribution < -0.4 is 5.32 Å². The number of carbonyl (C=O) groups is 1. The van der Waals surface area contributed by atoms with E-state index in [0.29, 0.717) is 10.6 Å². The molecule has 7 heteroatoms. The number of hydrogen-bond donors (Lipinski definition) is 2. The number of H-pyrrole nitrogens is 1. The Morgan fingerprint density at radius 3 is 2.65 bits per heavy atom. The van der Waals surface area contributed by atoms with Crippen molar-refractivity contribution in [3.63, 3.8) is 0 Å². The van der Waals surface area contributed by atoms with Gasteiger partial charge in [-0.2, -0.15) is 5.10 Å². The lowest BCUT2D eigenvalue weighted by Crippen LogP contribution is -2.45. The molecule has 140 valence electrons. The molecule has 1 aromatic heterocycles. The van der Waals surface area contributed by atoms with Crippen molar-refractivity contribution in [2.24, 2.45) is 0 Å². The zero-order valence-electron chi connectivity index (χ0n) is 15.5. The van der Waals surface area contributed by atoms with Gasteiger partial charge in [0.1, 0.15) is 6.54 Å². The summed E-state index contributed by atoms with van der Waals surface area (Å²) in [6, 6.07) is 8.30. The number of rotatable bonds is 6. The van der Waals surface area contributed by atoms with Crippen molar-refractivity contribution < 1.29 is 4.79 Å². The van der Waals surface area contributed by atoms with Gasteiger partial charge in [0.2, 0.25) is 5.91 Å². The van der Waals surface area contributed by atoms with Crippen LogP contribution in [0.3, 0.4) is 0 Å². The minimum Gasteiger partial charge on any atom is -0.352 e. The monoisotopic (exact) mass is 373 g/mol. The standard InChI is InChI=1S/C19H27N5OS/c1-3-10-23-11-8-16(9-12-23)20-17(25)13-24-18(21-22-19(24)26)15-6-4-14(2)5-7-15/h4-7,16H,3,8-13H2,1-2H3,(H,20,25)(H,22,26). The van der Waals surface area contributed by atoms with Crippen molar-refractivity contribution in [1.29, 1.82) is 0 Å². The third-order valence-corrected chi connectivity index (χ3v) is 5.17. The van der Waals surface area contributed by atoms with Gasteiger partial charge in [-0.15, -0.1) is 0 Å². The molecule has 1 aromatic carbocycles. The molecule has 1 saturated heterocycles. The number of nitrogens with zero attached hydrogens (tertiary/aromatic N) is 3. The maximum atomic E-state index is 12.5. The SMILES string of the molecule is CCCN1CCC(NC(=O)Cn2c(-c3ccc(C)cc3)n[nH]c2=S)CC1. The molecule has 1 amide bonds. The summed E-state index contributed by atoms with van der Waals surface area (Å²) in [4.78, 5) is 15.0. The first-order valence-corrected chi connectivity index (χ1v) is 9.71. The van der Waals surface area contributed by atoms with Crippen LogP contribution >= 0.6 is 12.2 Å². The molecule has 26 heavy (non-hydrogen) atoms. The van der Waals surface area contributed by atoms with E-state index in [1.807, 2.05) is 31.2 Å². The highest BCUT2D eigenvalue weighted by atomic mass is 32.1. The van der Waals surface area contributed by atoms with E-state index in [-0.39, 0.29) is 18.5 Å². The van der Waals surface area contributed by atoms with Crippen LogP contribution in [0.2, 0.25) is 0 Å². The Labute approximate surface area is 159 Å². The Balaban J connectivity index is 1.62. The highest BCUT2D eigenvalue weighted by molar-refractivity contribution is 7.71. The van der Waals surface area contributed by atoms with Gasteiger partial charge in [-0.3, -0.25) is 14.5 Å². The van der Waals surface area contributed by atoms with E-state index in [9.17, 15) is 4.79 Å². The largest absolute Gasteiger partial charge is 0.352 e. The van der Waals surface area contributed by atoms with Crippen LogP contribution in [0.1, 0.15) is 31.7 Å². The normalized spacial score (nSPS) is 15.9. The quantitative estimate of drug-likeness (QED) is 0.764. The molecular formula is C19H27N5OS. The van der Waals surface area contributed by atoms with Crippen molar-refractivity contribution in [3.8, 4) is 11.4 Å². The summed E-state index contributed by atoms with van der Waals surface area (Å²) in [6.45, 7) is 7.68. The first-order valence-electron chi connectivity index (χ1n) is 9.30. The number of amides is 1. The van der Waals surface area contributed by atoms with Crippen molar-refractivity contribution in [2.75, 3.05) is 19.6 Å². The van der Waals surface area contributed by atoms with E-state index >= 15 is 0 Å². The summed E-state index contributed by atoms with van der Waals surface area (Å²) in [7, 11) is 0. The van der Waals surface area contributed by atoms with Gasteiger partial charge in [0.15, 0.2) is 10.6 Å². The maximum Gasteiger partial charge on any atom is 0.240 e. The second-order valence-corrected chi connectivity index (χ2v) is 7.37. The van der Waals surface area contributed by atoms with E-state index in [1.165, 1.54) is 12.0 Å². The van der Waals surface area contributed by atoms with Crippen LogP contribution in [0.5, 0.6) is 0 Å². The Bertz CT molecular complexity index is 787. The molecule has 0 radical (unpaired) electrons. The van der Waals surface area contributed by atoms with Gasteiger partial charge in [-0.05, 0) is 44.9 Å². The number of carbonyl (C=O) groups excluding carboxylic acids is 1. The first kappa shape index (κ1) is 18.8.